The van der Waals surface area contributed by atoms with Gasteiger partial charge >= 0.3 is 0 Å². The highest BCUT2D eigenvalue weighted by molar-refractivity contribution is 7.98. The molecule has 0 saturated carbocycles. The first-order chi connectivity index (χ1) is 8.81. The summed E-state index contributed by atoms with van der Waals surface area (Å²) in [6.07, 6.45) is 7.97. The normalized spacial score (nSPS) is 18.7. The van der Waals surface area contributed by atoms with E-state index in [2.05, 4.69) is 21.3 Å². The fraction of sp³-hybridized carbons (Fsp3) is 0.833. The van der Waals surface area contributed by atoms with Crippen molar-refractivity contribution in [3.63, 3.8) is 0 Å². The largest absolute Gasteiger partial charge is 0.338 e. The van der Waals surface area contributed by atoms with E-state index < -0.39 is 0 Å². The van der Waals surface area contributed by atoms with E-state index in [4.69, 9.17) is 10.3 Å². The molecule has 1 fully saturated rings. The van der Waals surface area contributed by atoms with Crippen molar-refractivity contribution in [3.8, 4) is 0 Å². The van der Waals surface area contributed by atoms with Crippen molar-refractivity contribution in [3.05, 3.63) is 5.89 Å². The Kier molecular flexibility index (Phi) is 5.31. The van der Waals surface area contributed by atoms with Crippen molar-refractivity contribution >= 4 is 17.7 Å². The summed E-state index contributed by atoms with van der Waals surface area (Å²) in [4.78, 5) is 6.65. The van der Waals surface area contributed by atoms with Crippen LogP contribution in [0.4, 0.5) is 5.95 Å². The number of nitrogens with two attached hydrogens (primary N) is 1. The molecule has 1 aliphatic rings. The molecule has 0 spiro atoms. The van der Waals surface area contributed by atoms with Crippen molar-refractivity contribution in [2.45, 2.75) is 38.1 Å². The van der Waals surface area contributed by atoms with Crippen molar-refractivity contribution in [2.75, 3.05) is 30.0 Å². The molecule has 1 aromatic rings. The van der Waals surface area contributed by atoms with E-state index >= 15 is 0 Å². The van der Waals surface area contributed by atoms with E-state index in [0.29, 0.717) is 11.8 Å². The van der Waals surface area contributed by atoms with Gasteiger partial charge in [0.05, 0.1) is 6.04 Å². The molecular formula is C12H22N4OS. The lowest BCUT2D eigenvalue weighted by molar-refractivity contribution is 0.352. The summed E-state index contributed by atoms with van der Waals surface area (Å²) in [5, 5.41) is 4.06. The van der Waals surface area contributed by atoms with E-state index in [1.165, 1.54) is 25.7 Å². The Balaban J connectivity index is 1.95. The van der Waals surface area contributed by atoms with Gasteiger partial charge in [-0.25, -0.2) is 0 Å². The maximum absolute atomic E-state index is 6.03. The number of nitrogens with zero attached hydrogens (tertiary/aromatic N) is 3. The van der Waals surface area contributed by atoms with Gasteiger partial charge in [-0.05, 0) is 36.4 Å². The Morgan fingerprint density at radius 1 is 1.33 bits per heavy atom. The van der Waals surface area contributed by atoms with Gasteiger partial charge in [-0.1, -0.05) is 12.8 Å². The SMILES string of the molecule is CSCC[C@@H](N)c1nc(N2CCCCCC2)no1. The molecule has 2 heterocycles. The molecule has 0 unspecified atom stereocenters. The molecule has 0 amide bonds. The zero-order valence-electron chi connectivity index (χ0n) is 11.0. The second-order valence-electron chi connectivity index (χ2n) is 4.72. The Labute approximate surface area is 112 Å². The van der Waals surface area contributed by atoms with Gasteiger partial charge < -0.3 is 15.2 Å². The molecule has 2 N–H and O–H groups in total. The zero-order chi connectivity index (χ0) is 12.8. The molecule has 0 aromatic carbocycles. The van der Waals surface area contributed by atoms with Crippen molar-refractivity contribution < 1.29 is 4.52 Å². The van der Waals surface area contributed by atoms with Gasteiger partial charge in [-0.2, -0.15) is 16.7 Å². The van der Waals surface area contributed by atoms with Crippen LogP contribution in [0.3, 0.4) is 0 Å². The number of hydrogen-bond acceptors (Lipinski definition) is 6. The lowest BCUT2D eigenvalue weighted by atomic mass is 10.2. The fourth-order valence-corrected chi connectivity index (χ4v) is 2.63. The van der Waals surface area contributed by atoms with E-state index in [-0.39, 0.29) is 6.04 Å². The second-order valence-corrected chi connectivity index (χ2v) is 5.71. The van der Waals surface area contributed by atoms with Crippen LogP contribution in [-0.4, -0.2) is 35.2 Å². The summed E-state index contributed by atoms with van der Waals surface area (Å²) in [7, 11) is 0. The summed E-state index contributed by atoms with van der Waals surface area (Å²) in [6.45, 7) is 2.05. The average Bonchev–Trinajstić information content (AvgIpc) is 2.72. The van der Waals surface area contributed by atoms with Gasteiger partial charge in [-0.15, -0.1) is 0 Å². The predicted molar refractivity (Wildman–Crippen MR) is 74.9 cm³/mol. The van der Waals surface area contributed by atoms with Crippen molar-refractivity contribution in [1.82, 2.24) is 10.1 Å². The van der Waals surface area contributed by atoms with Gasteiger partial charge in [0.25, 0.3) is 5.95 Å². The van der Waals surface area contributed by atoms with Gasteiger partial charge in [0.2, 0.25) is 5.89 Å². The van der Waals surface area contributed by atoms with Crippen LogP contribution < -0.4 is 10.6 Å². The zero-order valence-corrected chi connectivity index (χ0v) is 11.8. The highest BCUT2D eigenvalue weighted by Gasteiger charge is 2.19. The topological polar surface area (TPSA) is 68.2 Å². The van der Waals surface area contributed by atoms with E-state index in [1.807, 2.05) is 0 Å². The Hall–Kier alpha value is -0.750. The number of hydrogen-bond donors (Lipinski definition) is 1. The molecule has 102 valence electrons. The monoisotopic (exact) mass is 270 g/mol. The summed E-state index contributed by atoms with van der Waals surface area (Å²) in [5.41, 5.74) is 6.03. The van der Waals surface area contributed by atoms with Crippen LogP contribution >= 0.6 is 11.8 Å². The van der Waals surface area contributed by atoms with Crippen molar-refractivity contribution in [2.24, 2.45) is 5.73 Å². The molecule has 5 nitrogen and oxygen atoms in total. The van der Waals surface area contributed by atoms with E-state index in [0.717, 1.165) is 25.3 Å². The first kappa shape index (κ1) is 13.7. The predicted octanol–water partition coefficient (Wildman–Crippen LogP) is 2.20. The lowest BCUT2D eigenvalue weighted by Crippen LogP contribution is -2.25. The maximum atomic E-state index is 6.03. The quantitative estimate of drug-likeness (QED) is 0.884. The van der Waals surface area contributed by atoms with Crippen LogP contribution in [0.5, 0.6) is 0 Å². The third-order valence-electron chi connectivity index (χ3n) is 3.27. The molecule has 1 saturated heterocycles. The number of thioether (sulfide) groups is 1. The van der Waals surface area contributed by atoms with Crippen LogP contribution in [0.1, 0.15) is 44.0 Å². The minimum atomic E-state index is -0.134. The summed E-state index contributed by atoms with van der Waals surface area (Å²) >= 11 is 1.78. The molecule has 1 aromatic heterocycles. The van der Waals surface area contributed by atoms with Crippen molar-refractivity contribution in [1.29, 1.82) is 0 Å². The van der Waals surface area contributed by atoms with Crippen LogP contribution in [0.15, 0.2) is 4.52 Å². The summed E-state index contributed by atoms with van der Waals surface area (Å²) < 4.78 is 5.28. The average molecular weight is 270 g/mol. The number of anilines is 1. The van der Waals surface area contributed by atoms with Crippen LogP contribution in [0.25, 0.3) is 0 Å². The van der Waals surface area contributed by atoms with Gasteiger partial charge in [-0.3, -0.25) is 0 Å². The fourth-order valence-electron chi connectivity index (χ4n) is 2.15. The Morgan fingerprint density at radius 3 is 2.72 bits per heavy atom. The molecule has 2 rings (SSSR count). The van der Waals surface area contributed by atoms with Crippen LogP contribution in [0.2, 0.25) is 0 Å². The molecular weight excluding hydrogens is 248 g/mol. The minimum absolute atomic E-state index is 0.134. The molecule has 0 radical (unpaired) electrons. The Bertz CT molecular complexity index is 350. The molecule has 6 heteroatoms. The molecule has 1 aliphatic heterocycles. The van der Waals surface area contributed by atoms with Gasteiger partial charge in [0.15, 0.2) is 0 Å². The molecule has 18 heavy (non-hydrogen) atoms. The molecule has 1 atom stereocenters. The smallest absolute Gasteiger partial charge is 0.266 e. The highest BCUT2D eigenvalue weighted by atomic mass is 32.2. The highest BCUT2D eigenvalue weighted by Crippen LogP contribution is 2.20. The number of rotatable bonds is 5. The summed E-state index contributed by atoms with van der Waals surface area (Å²) in [6, 6.07) is -0.134. The van der Waals surface area contributed by atoms with Gasteiger partial charge in [0.1, 0.15) is 0 Å². The standard InChI is InChI=1S/C12H22N4OS/c1-18-9-6-10(13)11-14-12(15-17-11)16-7-4-2-3-5-8-16/h10H,2-9,13H2,1H3/t10-/m1/s1. The second kappa shape index (κ2) is 6.99. The van der Waals surface area contributed by atoms with E-state index in [1.54, 1.807) is 11.8 Å². The third-order valence-corrected chi connectivity index (χ3v) is 3.91. The minimum Gasteiger partial charge on any atom is -0.338 e. The first-order valence-electron chi connectivity index (χ1n) is 6.64. The van der Waals surface area contributed by atoms with Crippen LogP contribution in [-0.2, 0) is 0 Å². The number of aromatic nitrogens is 2. The van der Waals surface area contributed by atoms with Crippen LogP contribution in [0, 0.1) is 0 Å². The maximum Gasteiger partial charge on any atom is 0.266 e. The molecule has 0 bridgehead atoms. The van der Waals surface area contributed by atoms with E-state index in [9.17, 15) is 0 Å². The third kappa shape index (κ3) is 3.62. The molecule has 0 aliphatic carbocycles. The van der Waals surface area contributed by atoms with Gasteiger partial charge in [0, 0.05) is 13.1 Å². The summed E-state index contributed by atoms with van der Waals surface area (Å²) in [5.74, 6) is 2.30. The lowest BCUT2D eigenvalue weighted by Gasteiger charge is -2.16. The Morgan fingerprint density at radius 2 is 2.06 bits per heavy atom. The first-order valence-corrected chi connectivity index (χ1v) is 8.03.